The fraction of sp³-hybridized carbons (Fsp3) is 0.364. The summed E-state index contributed by atoms with van der Waals surface area (Å²) in [5.41, 5.74) is 5.79. The lowest BCUT2D eigenvalue weighted by Crippen LogP contribution is -2.29. The Morgan fingerprint density at radius 2 is 2.31 bits per heavy atom. The molecule has 1 amide bonds. The summed E-state index contributed by atoms with van der Waals surface area (Å²) in [6, 6.07) is 4.85. The van der Waals surface area contributed by atoms with Gasteiger partial charge < -0.3 is 20.9 Å². The molecular formula is C11H14N2O3. The molecule has 1 aromatic rings. The SMILES string of the molecule is COc1cccc(C(=O)NC2CC2N)c1O. The van der Waals surface area contributed by atoms with Gasteiger partial charge in [0.05, 0.1) is 12.7 Å². The first-order valence-corrected chi connectivity index (χ1v) is 5.06. The number of ether oxygens (including phenoxy) is 1. The van der Waals surface area contributed by atoms with Gasteiger partial charge in [-0.25, -0.2) is 0 Å². The number of amides is 1. The second kappa shape index (κ2) is 4.02. The number of rotatable bonds is 3. The predicted molar refractivity (Wildman–Crippen MR) is 58.5 cm³/mol. The Labute approximate surface area is 93.2 Å². The lowest BCUT2D eigenvalue weighted by molar-refractivity contribution is 0.0947. The number of nitrogens with two attached hydrogens (primary N) is 1. The van der Waals surface area contributed by atoms with Crippen LogP contribution >= 0.6 is 0 Å². The summed E-state index contributed by atoms with van der Waals surface area (Å²) in [7, 11) is 1.44. The van der Waals surface area contributed by atoms with Crippen molar-refractivity contribution < 1.29 is 14.6 Å². The normalized spacial score (nSPS) is 22.6. The minimum atomic E-state index is -0.325. The Morgan fingerprint density at radius 3 is 2.88 bits per heavy atom. The van der Waals surface area contributed by atoms with Gasteiger partial charge in [-0.3, -0.25) is 4.79 Å². The highest BCUT2D eigenvalue weighted by atomic mass is 16.5. The fourth-order valence-electron chi connectivity index (χ4n) is 1.50. The molecule has 0 aromatic heterocycles. The van der Waals surface area contributed by atoms with E-state index in [9.17, 15) is 9.90 Å². The molecule has 0 heterocycles. The largest absolute Gasteiger partial charge is 0.504 e. The molecule has 16 heavy (non-hydrogen) atoms. The number of carbonyl (C=O) groups excluding carboxylic acids is 1. The number of phenols is 1. The molecule has 5 heteroatoms. The molecule has 2 rings (SSSR count). The minimum Gasteiger partial charge on any atom is -0.504 e. The summed E-state index contributed by atoms with van der Waals surface area (Å²) in [4.78, 5) is 11.7. The van der Waals surface area contributed by atoms with Gasteiger partial charge in [-0.05, 0) is 18.6 Å². The molecule has 0 saturated heterocycles. The highest BCUT2D eigenvalue weighted by Crippen LogP contribution is 2.30. The molecule has 1 aliphatic carbocycles. The summed E-state index contributed by atoms with van der Waals surface area (Å²) < 4.78 is 4.92. The molecule has 0 aliphatic heterocycles. The smallest absolute Gasteiger partial charge is 0.255 e. The van der Waals surface area contributed by atoms with Gasteiger partial charge in [-0.1, -0.05) is 6.07 Å². The van der Waals surface area contributed by atoms with Gasteiger partial charge in [0.15, 0.2) is 11.5 Å². The average molecular weight is 222 g/mol. The standard InChI is InChI=1S/C11H14N2O3/c1-16-9-4-2-3-6(10(9)14)11(15)13-8-5-7(8)12/h2-4,7-8,14H,5,12H2,1H3,(H,13,15). The third kappa shape index (κ3) is 1.94. The van der Waals surface area contributed by atoms with Crippen molar-refractivity contribution in [2.75, 3.05) is 7.11 Å². The maximum atomic E-state index is 11.7. The lowest BCUT2D eigenvalue weighted by atomic mass is 10.1. The second-order valence-corrected chi connectivity index (χ2v) is 3.84. The first-order chi connectivity index (χ1) is 7.63. The molecule has 0 bridgehead atoms. The van der Waals surface area contributed by atoms with Crippen LogP contribution in [0, 0.1) is 0 Å². The number of hydrogen-bond acceptors (Lipinski definition) is 4. The number of nitrogens with one attached hydrogen (secondary N) is 1. The van der Waals surface area contributed by atoms with Crippen molar-refractivity contribution in [1.29, 1.82) is 0 Å². The maximum absolute atomic E-state index is 11.7. The van der Waals surface area contributed by atoms with Gasteiger partial charge in [0.25, 0.3) is 5.91 Å². The van der Waals surface area contributed by atoms with E-state index < -0.39 is 0 Å². The summed E-state index contributed by atoms with van der Waals surface area (Å²) in [6.45, 7) is 0. The van der Waals surface area contributed by atoms with E-state index in [0.29, 0.717) is 0 Å². The predicted octanol–water partition coefficient (Wildman–Crippen LogP) is 0.230. The number of para-hydroxylation sites is 1. The summed E-state index contributed by atoms with van der Waals surface area (Å²) in [5, 5.41) is 12.5. The number of benzene rings is 1. The van der Waals surface area contributed by atoms with Crippen molar-refractivity contribution in [3.8, 4) is 11.5 Å². The van der Waals surface area contributed by atoms with Crippen molar-refractivity contribution in [2.45, 2.75) is 18.5 Å². The van der Waals surface area contributed by atoms with Crippen LogP contribution < -0.4 is 15.8 Å². The fourth-order valence-corrected chi connectivity index (χ4v) is 1.50. The van der Waals surface area contributed by atoms with Crippen LogP contribution in [-0.4, -0.2) is 30.2 Å². The molecule has 2 unspecified atom stereocenters. The Bertz CT molecular complexity index is 420. The number of carbonyl (C=O) groups is 1. The van der Waals surface area contributed by atoms with E-state index >= 15 is 0 Å². The summed E-state index contributed by atoms with van der Waals surface area (Å²) in [5.74, 6) is -0.182. The zero-order valence-electron chi connectivity index (χ0n) is 8.93. The highest BCUT2D eigenvalue weighted by Gasteiger charge is 2.35. The zero-order chi connectivity index (χ0) is 11.7. The molecular weight excluding hydrogens is 208 g/mol. The molecule has 86 valence electrons. The van der Waals surface area contributed by atoms with E-state index in [4.69, 9.17) is 10.5 Å². The Morgan fingerprint density at radius 1 is 1.62 bits per heavy atom. The topological polar surface area (TPSA) is 84.6 Å². The van der Waals surface area contributed by atoms with Crippen LogP contribution in [0.5, 0.6) is 11.5 Å². The molecule has 0 spiro atoms. The van der Waals surface area contributed by atoms with E-state index in [2.05, 4.69) is 5.32 Å². The molecule has 2 atom stereocenters. The van der Waals surface area contributed by atoms with Crippen molar-refractivity contribution in [2.24, 2.45) is 5.73 Å². The molecule has 5 nitrogen and oxygen atoms in total. The molecule has 0 radical (unpaired) electrons. The summed E-state index contributed by atoms with van der Waals surface area (Å²) >= 11 is 0. The van der Waals surface area contributed by atoms with Crippen LogP contribution in [0.2, 0.25) is 0 Å². The number of phenolic OH excluding ortho intramolecular Hbond substituents is 1. The van der Waals surface area contributed by atoms with E-state index in [-0.39, 0.29) is 35.1 Å². The lowest BCUT2D eigenvalue weighted by Gasteiger charge is -2.08. The average Bonchev–Trinajstić information content (AvgIpc) is 2.94. The molecule has 1 aliphatic rings. The van der Waals surface area contributed by atoms with E-state index in [1.54, 1.807) is 18.2 Å². The molecule has 4 N–H and O–H groups in total. The molecule has 1 saturated carbocycles. The zero-order valence-corrected chi connectivity index (χ0v) is 8.93. The van der Waals surface area contributed by atoms with Gasteiger partial charge >= 0.3 is 0 Å². The van der Waals surface area contributed by atoms with E-state index in [0.717, 1.165) is 6.42 Å². The third-order valence-corrected chi connectivity index (χ3v) is 2.62. The van der Waals surface area contributed by atoms with Gasteiger partial charge in [0.1, 0.15) is 0 Å². The van der Waals surface area contributed by atoms with E-state index in [1.165, 1.54) is 7.11 Å². The van der Waals surface area contributed by atoms with Gasteiger partial charge in [-0.15, -0.1) is 0 Å². The van der Waals surface area contributed by atoms with Gasteiger partial charge in [0, 0.05) is 12.1 Å². The minimum absolute atomic E-state index is 0.0260. The van der Waals surface area contributed by atoms with Gasteiger partial charge in [0.2, 0.25) is 0 Å². The van der Waals surface area contributed by atoms with Crippen molar-refractivity contribution in [3.05, 3.63) is 23.8 Å². The monoisotopic (exact) mass is 222 g/mol. The quantitative estimate of drug-likeness (QED) is 0.683. The van der Waals surface area contributed by atoms with Crippen LogP contribution in [0.25, 0.3) is 0 Å². The van der Waals surface area contributed by atoms with Crippen LogP contribution in [0.4, 0.5) is 0 Å². The third-order valence-electron chi connectivity index (χ3n) is 2.62. The van der Waals surface area contributed by atoms with E-state index in [1.807, 2.05) is 0 Å². The first kappa shape index (κ1) is 10.8. The maximum Gasteiger partial charge on any atom is 0.255 e. The Kier molecular flexibility index (Phi) is 2.70. The Balaban J connectivity index is 2.16. The van der Waals surface area contributed by atoms with Crippen molar-refractivity contribution in [3.63, 3.8) is 0 Å². The molecule has 1 aromatic carbocycles. The number of hydrogen-bond donors (Lipinski definition) is 3. The summed E-state index contributed by atoms with van der Waals surface area (Å²) in [6.07, 6.45) is 0.788. The van der Waals surface area contributed by atoms with Crippen molar-refractivity contribution >= 4 is 5.91 Å². The number of methoxy groups -OCH3 is 1. The van der Waals surface area contributed by atoms with Crippen molar-refractivity contribution in [1.82, 2.24) is 5.32 Å². The van der Waals surface area contributed by atoms with Crippen LogP contribution in [0.1, 0.15) is 16.8 Å². The van der Waals surface area contributed by atoms with Crippen LogP contribution in [0.15, 0.2) is 18.2 Å². The number of aromatic hydroxyl groups is 1. The van der Waals surface area contributed by atoms with Crippen LogP contribution in [-0.2, 0) is 0 Å². The Hall–Kier alpha value is -1.75. The van der Waals surface area contributed by atoms with Gasteiger partial charge in [-0.2, -0.15) is 0 Å². The first-order valence-electron chi connectivity index (χ1n) is 5.06. The second-order valence-electron chi connectivity index (χ2n) is 3.84. The van der Waals surface area contributed by atoms with Crippen LogP contribution in [0.3, 0.4) is 0 Å². The molecule has 1 fully saturated rings. The highest BCUT2D eigenvalue weighted by molar-refractivity contribution is 5.98.